The van der Waals surface area contributed by atoms with Gasteiger partial charge >= 0.3 is 0 Å². The molecule has 1 atom stereocenters. The molecule has 0 fully saturated rings. The number of nitrogens with two attached hydrogens (primary N) is 1. The number of anilines is 1. The van der Waals surface area contributed by atoms with Crippen LogP contribution in [0, 0.1) is 0 Å². The van der Waals surface area contributed by atoms with Crippen LogP contribution in [-0.4, -0.2) is 24.2 Å². The number of fused-ring (bicyclic) bond motifs is 1. The Hall–Kier alpha value is -2.21. The van der Waals surface area contributed by atoms with Crippen molar-refractivity contribution in [1.29, 1.82) is 0 Å². The molecule has 3 heterocycles. The Bertz CT molecular complexity index is 518. The number of carbonyl (C=O) groups excluding carboxylic acids is 1. The summed E-state index contributed by atoms with van der Waals surface area (Å²) >= 11 is 0. The van der Waals surface area contributed by atoms with Crippen LogP contribution < -0.4 is 20.7 Å². The summed E-state index contributed by atoms with van der Waals surface area (Å²) in [5.74, 6) is 1.48. The van der Waals surface area contributed by atoms with Gasteiger partial charge in [-0.2, -0.15) is 0 Å². The van der Waals surface area contributed by atoms with Gasteiger partial charge in [-0.15, -0.1) is 0 Å². The maximum absolute atomic E-state index is 10.7. The van der Waals surface area contributed by atoms with Crippen LogP contribution >= 0.6 is 0 Å². The number of aldehydes is 1. The highest BCUT2D eigenvalue weighted by molar-refractivity contribution is 5.78. The number of dihydropyridines is 1. The van der Waals surface area contributed by atoms with E-state index in [1.807, 2.05) is 17.1 Å². The summed E-state index contributed by atoms with van der Waals surface area (Å²) < 4.78 is 5.48. The zero-order chi connectivity index (χ0) is 11.8. The molecule has 3 rings (SSSR count). The van der Waals surface area contributed by atoms with Gasteiger partial charge in [0.15, 0.2) is 24.6 Å². The van der Waals surface area contributed by atoms with E-state index in [0.29, 0.717) is 18.2 Å². The van der Waals surface area contributed by atoms with Crippen molar-refractivity contribution in [1.82, 2.24) is 10.3 Å². The summed E-state index contributed by atoms with van der Waals surface area (Å²) in [6, 6.07) is 1.69. The average Bonchev–Trinajstić information content (AvgIpc) is 2.87. The molecule has 0 bridgehead atoms. The van der Waals surface area contributed by atoms with Gasteiger partial charge in [0.05, 0.1) is 11.9 Å². The second-order valence-corrected chi connectivity index (χ2v) is 3.87. The number of aromatic nitrogens is 1. The number of carbonyl (C=O) groups is 1. The van der Waals surface area contributed by atoms with Crippen molar-refractivity contribution >= 4 is 12.1 Å². The molecule has 4 N–H and O–H groups in total. The number of allylic oxidation sites excluding steroid dienone is 1. The minimum atomic E-state index is -0.209. The van der Waals surface area contributed by atoms with Crippen LogP contribution in [0.4, 0.5) is 5.82 Å². The minimum absolute atomic E-state index is 0.209. The van der Waals surface area contributed by atoms with Crippen molar-refractivity contribution in [3.63, 3.8) is 0 Å². The van der Waals surface area contributed by atoms with Crippen molar-refractivity contribution in [2.45, 2.75) is 6.17 Å². The van der Waals surface area contributed by atoms with Crippen LogP contribution in [0.1, 0.15) is 10.5 Å². The highest BCUT2D eigenvalue weighted by atomic mass is 16.5. The van der Waals surface area contributed by atoms with Gasteiger partial charge in [0.25, 0.3) is 0 Å². The SMILES string of the molecule is NC1C=C(N2COc3cc(C=O)[nH]c32)C=CN1. The zero-order valence-corrected chi connectivity index (χ0v) is 9.01. The molecule has 0 amide bonds. The lowest BCUT2D eigenvalue weighted by Crippen LogP contribution is -2.36. The van der Waals surface area contributed by atoms with Crippen LogP contribution in [0.25, 0.3) is 0 Å². The molecular formula is C11H12N4O2. The van der Waals surface area contributed by atoms with Crippen LogP contribution in [-0.2, 0) is 0 Å². The van der Waals surface area contributed by atoms with Gasteiger partial charge < -0.3 is 20.8 Å². The summed E-state index contributed by atoms with van der Waals surface area (Å²) in [7, 11) is 0. The highest BCUT2D eigenvalue weighted by Crippen LogP contribution is 2.36. The van der Waals surface area contributed by atoms with Crippen molar-refractivity contribution in [2.24, 2.45) is 5.73 Å². The fraction of sp³-hybridized carbons (Fsp3) is 0.182. The van der Waals surface area contributed by atoms with Crippen LogP contribution in [0.3, 0.4) is 0 Å². The van der Waals surface area contributed by atoms with Gasteiger partial charge in [0, 0.05) is 11.8 Å². The maximum Gasteiger partial charge on any atom is 0.167 e. The lowest BCUT2D eigenvalue weighted by atomic mass is 10.2. The molecule has 2 aliphatic rings. The minimum Gasteiger partial charge on any atom is -0.469 e. The largest absolute Gasteiger partial charge is 0.469 e. The predicted molar refractivity (Wildman–Crippen MR) is 62.5 cm³/mol. The fourth-order valence-electron chi connectivity index (χ4n) is 1.93. The Kier molecular flexibility index (Phi) is 2.15. The molecular weight excluding hydrogens is 220 g/mol. The van der Waals surface area contributed by atoms with E-state index in [1.54, 1.807) is 12.3 Å². The van der Waals surface area contributed by atoms with Gasteiger partial charge in [-0.05, 0) is 18.4 Å². The summed E-state index contributed by atoms with van der Waals surface area (Å²) in [5, 5.41) is 2.96. The van der Waals surface area contributed by atoms with E-state index in [-0.39, 0.29) is 6.17 Å². The Labute approximate surface area is 97.7 Å². The lowest BCUT2D eigenvalue weighted by molar-refractivity contribution is 0.111. The number of hydrogen-bond acceptors (Lipinski definition) is 5. The lowest BCUT2D eigenvalue weighted by Gasteiger charge is -2.22. The third-order valence-electron chi connectivity index (χ3n) is 2.73. The summed E-state index contributed by atoms with van der Waals surface area (Å²) in [6.07, 6.45) is 6.14. The second-order valence-electron chi connectivity index (χ2n) is 3.87. The molecule has 6 nitrogen and oxygen atoms in total. The van der Waals surface area contributed by atoms with E-state index in [2.05, 4.69) is 10.3 Å². The van der Waals surface area contributed by atoms with Gasteiger partial charge in [-0.1, -0.05) is 0 Å². The maximum atomic E-state index is 10.7. The standard InChI is InChI=1S/C11H12N4O2/c12-10-4-8(1-2-13-10)15-6-17-9-3-7(5-16)14-11(9)15/h1-5,10,13-14H,6,12H2. The quantitative estimate of drug-likeness (QED) is 0.637. The molecule has 0 saturated carbocycles. The van der Waals surface area contributed by atoms with Crippen LogP contribution in [0.5, 0.6) is 5.75 Å². The van der Waals surface area contributed by atoms with Crippen molar-refractivity contribution in [3.8, 4) is 5.75 Å². The fourth-order valence-corrected chi connectivity index (χ4v) is 1.93. The molecule has 2 aliphatic heterocycles. The normalized spacial score (nSPS) is 21.6. The molecule has 0 aliphatic carbocycles. The van der Waals surface area contributed by atoms with Crippen molar-refractivity contribution in [3.05, 3.63) is 35.8 Å². The topological polar surface area (TPSA) is 83.4 Å². The molecule has 17 heavy (non-hydrogen) atoms. The van der Waals surface area contributed by atoms with Crippen molar-refractivity contribution in [2.75, 3.05) is 11.6 Å². The third-order valence-corrected chi connectivity index (χ3v) is 2.73. The molecule has 88 valence electrons. The van der Waals surface area contributed by atoms with E-state index in [0.717, 1.165) is 17.8 Å². The van der Waals surface area contributed by atoms with Crippen LogP contribution in [0.2, 0.25) is 0 Å². The number of ether oxygens (including phenoxy) is 1. The molecule has 1 unspecified atom stereocenters. The Morgan fingerprint density at radius 1 is 1.59 bits per heavy atom. The Morgan fingerprint density at radius 2 is 2.47 bits per heavy atom. The monoisotopic (exact) mass is 232 g/mol. The molecule has 1 aromatic rings. The average molecular weight is 232 g/mol. The number of aromatic amines is 1. The number of nitrogens with zero attached hydrogens (tertiary/aromatic N) is 1. The molecule has 6 heteroatoms. The second kappa shape index (κ2) is 3.67. The first-order valence-electron chi connectivity index (χ1n) is 5.26. The third kappa shape index (κ3) is 1.58. The molecule has 0 spiro atoms. The predicted octanol–water partition coefficient (Wildman–Crippen LogP) is 0.269. The summed E-state index contributed by atoms with van der Waals surface area (Å²) in [4.78, 5) is 15.6. The summed E-state index contributed by atoms with van der Waals surface area (Å²) in [5.41, 5.74) is 7.21. The Morgan fingerprint density at radius 3 is 3.24 bits per heavy atom. The number of nitrogens with one attached hydrogen (secondary N) is 2. The molecule has 0 saturated heterocycles. The Balaban J connectivity index is 1.95. The number of H-pyrrole nitrogens is 1. The molecule has 0 radical (unpaired) electrons. The first-order chi connectivity index (χ1) is 8.28. The van der Waals surface area contributed by atoms with Crippen molar-refractivity contribution < 1.29 is 9.53 Å². The number of hydrogen-bond donors (Lipinski definition) is 3. The van der Waals surface area contributed by atoms with Crippen LogP contribution in [0.15, 0.2) is 30.1 Å². The zero-order valence-electron chi connectivity index (χ0n) is 9.01. The summed E-state index contributed by atoms with van der Waals surface area (Å²) in [6.45, 7) is 0.420. The van der Waals surface area contributed by atoms with Gasteiger partial charge in [0.1, 0.15) is 0 Å². The highest BCUT2D eigenvalue weighted by Gasteiger charge is 2.26. The van der Waals surface area contributed by atoms with E-state index in [4.69, 9.17) is 10.5 Å². The smallest absolute Gasteiger partial charge is 0.167 e. The van der Waals surface area contributed by atoms with Gasteiger partial charge in [-0.25, -0.2) is 0 Å². The molecule has 0 aromatic carbocycles. The van der Waals surface area contributed by atoms with E-state index in [1.165, 1.54) is 0 Å². The first-order valence-corrected chi connectivity index (χ1v) is 5.26. The van der Waals surface area contributed by atoms with E-state index >= 15 is 0 Å². The number of rotatable bonds is 2. The van der Waals surface area contributed by atoms with Gasteiger partial charge in [0.2, 0.25) is 0 Å². The first kappa shape index (κ1) is 9.98. The van der Waals surface area contributed by atoms with E-state index < -0.39 is 0 Å². The van der Waals surface area contributed by atoms with E-state index in [9.17, 15) is 4.79 Å². The van der Waals surface area contributed by atoms with Gasteiger partial charge in [-0.3, -0.25) is 9.69 Å². The molecule has 1 aromatic heterocycles.